The number of phenols is 1. The molecule has 1 aromatic carbocycles. The number of phenolic OH excluding ortho intramolecular Hbond substituents is 1. The van der Waals surface area contributed by atoms with Gasteiger partial charge in [-0.05, 0) is 40.5 Å². The zero-order chi connectivity index (χ0) is 13.0. The number of hydrogen-bond donors (Lipinski definition) is 2. The molecule has 3 N–H and O–H groups in total. The lowest BCUT2D eigenvalue weighted by molar-refractivity contribution is -0.144. The Hall–Kier alpha value is -0.780. The van der Waals surface area contributed by atoms with E-state index in [0.29, 0.717) is 15.1 Å². The van der Waals surface area contributed by atoms with E-state index in [4.69, 9.17) is 22.1 Å². The van der Waals surface area contributed by atoms with Crippen LogP contribution in [0.2, 0.25) is 5.02 Å². The molecule has 94 valence electrons. The maximum atomic E-state index is 11.4. The van der Waals surface area contributed by atoms with Crippen LogP contribution in [0.1, 0.15) is 12.5 Å². The summed E-state index contributed by atoms with van der Waals surface area (Å²) in [5, 5.41) is 10.2. The van der Waals surface area contributed by atoms with Crippen molar-refractivity contribution < 1.29 is 14.6 Å². The van der Waals surface area contributed by atoms with Crippen molar-refractivity contribution in [3.8, 4) is 5.75 Å². The van der Waals surface area contributed by atoms with Crippen LogP contribution in [-0.4, -0.2) is 23.7 Å². The van der Waals surface area contributed by atoms with Crippen molar-refractivity contribution in [2.24, 2.45) is 5.73 Å². The molecular weight excluding hydrogens is 309 g/mol. The summed E-state index contributed by atoms with van der Waals surface area (Å²) in [7, 11) is 0. The highest BCUT2D eigenvalue weighted by Crippen LogP contribution is 2.32. The summed E-state index contributed by atoms with van der Waals surface area (Å²) in [6.07, 6.45) is 0.170. The van der Waals surface area contributed by atoms with Gasteiger partial charge in [0.05, 0.1) is 11.1 Å². The van der Waals surface area contributed by atoms with Crippen molar-refractivity contribution in [2.75, 3.05) is 6.61 Å². The van der Waals surface area contributed by atoms with Crippen LogP contribution in [-0.2, 0) is 16.0 Å². The Kier molecular flexibility index (Phi) is 5.24. The number of carbonyl (C=O) groups excluding carboxylic acids is 1. The van der Waals surface area contributed by atoms with Crippen LogP contribution in [0.15, 0.2) is 16.6 Å². The SMILES string of the molecule is CCOC(=O)C(N)Cc1cc(Cl)cc(Br)c1O. The lowest BCUT2D eigenvalue weighted by Crippen LogP contribution is -2.34. The zero-order valence-electron chi connectivity index (χ0n) is 9.24. The molecule has 0 amide bonds. The van der Waals surface area contributed by atoms with Crippen molar-refractivity contribution in [1.82, 2.24) is 0 Å². The highest BCUT2D eigenvalue weighted by Gasteiger charge is 2.18. The van der Waals surface area contributed by atoms with E-state index < -0.39 is 12.0 Å². The quantitative estimate of drug-likeness (QED) is 0.834. The summed E-state index contributed by atoms with van der Waals surface area (Å²) >= 11 is 9.01. The molecule has 0 aliphatic heterocycles. The summed E-state index contributed by atoms with van der Waals surface area (Å²) in [6.45, 7) is 1.98. The second-order valence-corrected chi connectivity index (χ2v) is 4.75. The van der Waals surface area contributed by atoms with Gasteiger partial charge in [-0.25, -0.2) is 0 Å². The number of rotatable bonds is 4. The third-order valence-corrected chi connectivity index (χ3v) is 2.96. The van der Waals surface area contributed by atoms with Crippen molar-refractivity contribution in [2.45, 2.75) is 19.4 Å². The third-order valence-electron chi connectivity index (χ3n) is 2.14. The molecule has 0 aromatic heterocycles. The topological polar surface area (TPSA) is 72.5 Å². The van der Waals surface area contributed by atoms with E-state index in [0.717, 1.165) is 0 Å². The molecule has 1 unspecified atom stereocenters. The van der Waals surface area contributed by atoms with Crippen LogP contribution < -0.4 is 5.73 Å². The number of hydrogen-bond acceptors (Lipinski definition) is 4. The van der Waals surface area contributed by atoms with E-state index in [9.17, 15) is 9.90 Å². The van der Waals surface area contributed by atoms with Gasteiger partial charge in [0.15, 0.2) is 0 Å². The number of ether oxygens (including phenoxy) is 1. The van der Waals surface area contributed by atoms with E-state index in [1.54, 1.807) is 19.1 Å². The van der Waals surface area contributed by atoms with Crippen LogP contribution in [0.5, 0.6) is 5.75 Å². The maximum absolute atomic E-state index is 11.4. The number of nitrogens with two attached hydrogens (primary N) is 1. The molecule has 1 atom stereocenters. The summed E-state index contributed by atoms with van der Waals surface area (Å²) in [5.41, 5.74) is 6.16. The van der Waals surface area contributed by atoms with Gasteiger partial charge in [-0.15, -0.1) is 0 Å². The van der Waals surface area contributed by atoms with Gasteiger partial charge in [-0.1, -0.05) is 11.6 Å². The van der Waals surface area contributed by atoms with Gasteiger partial charge < -0.3 is 15.6 Å². The second-order valence-electron chi connectivity index (χ2n) is 3.46. The van der Waals surface area contributed by atoms with Crippen molar-refractivity contribution >= 4 is 33.5 Å². The molecule has 0 heterocycles. The minimum Gasteiger partial charge on any atom is -0.506 e. The van der Waals surface area contributed by atoms with E-state index in [1.165, 1.54) is 0 Å². The van der Waals surface area contributed by atoms with Crippen LogP contribution in [0.25, 0.3) is 0 Å². The van der Waals surface area contributed by atoms with Gasteiger partial charge in [0.1, 0.15) is 11.8 Å². The Morgan fingerprint density at radius 2 is 2.29 bits per heavy atom. The predicted molar refractivity (Wildman–Crippen MR) is 69.1 cm³/mol. The Morgan fingerprint density at radius 3 is 2.88 bits per heavy atom. The molecular formula is C11H13BrClNO3. The minimum absolute atomic E-state index is 0.0362. The average Bonchev–Trinajstić information content (AvgIpc) is 2.25. The largest absolute Gasteiger partial charge is 0.506 e. The second kappa shape index (κ2) is 6.23. The van der Waals surface area contributed by atoms with Gasteiger partial charge in [0.2, 0.25) is 0 Å². The van der Waals surface area contributed by atoms with Gasteiger partial charge in [0.25, 0.3) is 0 Å². The first-order valence-corrected chi connectivity index (χ1v) is 6.22. The lowest BCUT2D eigenvalue weighted by Gasteiger charge is -2.12. The lowest BCUT2D eigenvalue weighted by atomic mass is 10.1. The molecule has 1 rings (SSSR count). The number of halogens is 2. The molecule has 6 heteroatoms. The van der Waals surface area contributed by atoms with E-state index in [-0.39, 0.29) is 18.8 Å². The van der Waals surface area contributed by atoms with E-state index in [1.807, 2.05) is 0 Å². The fraction of sp³-hybridized carbons (Fsp3) is 0.364. The Labute approximate surface area is 113 Å². The number of aromatic hydroxyl groups is 1. The Morgan fingerprint density at radius 1 is 1.65 bits per heavy atom. The first-order chi connectivity index (χ1) is 7.95. The molecule has 4 nitrogen and oxygen atoms in total. The van der Waals surface area contributed by atoms with Crippen LogP contribution in [0, 0.1) is 0 Å². The van der Waals surface area contributed by atoms with Gasteiger partial charge >= 0.3 is 5.97 Å². The van der Waals surface area contributed by atoms with E-state index >= 15 is 0 Å². The molecule has 1 aromatic rings. The molecule has 0 aliphatic rings. The molecule has 0 radical (unpaired) electrons. The van der Waals surface area contributed by atoms with Crippen LogP contribution in [0.4, 0.5) is 0 Å². The number of esters is 1. The zero-order valence-corrected chi connectivity index (χ0v) is 11.6. The Balaban J connectivity index is 2.84. The first-order valence-electron chi connectivity index (χ1n) is 5.04. The van der Waals surface area contributed by atoms with Crippen LogP contribution >= 0.6 is 27.5 Å². The van der Waals surface area contributed by atoms with Crippen molar-refractivity contribution in [1.29, 1.82) is 0 Å². The fourth-order valence-electron chi connectivity index (χ4n) is 1.34. The van der Waals surface area contributed by atoms with Crippen LogP contribution in [0.3, 0.4) is 0 Å². The van der Waals surface area contributed by atoms with Crippen molar-refractivity contribution in [3.05, 3.63) is 27.2 Å². The Bertz CT molecular complexity index is 425. The standard InChI is InChI=1S/C11H13BrClNO3/c1-2-17-11(16)9(14)4-6-3-7(13)5-8(12)10(6)15/h3,5,9,15H,2,4,14H2,1H3. The molecule has 0 spiro atoms. The fourth-order valence-corrected chi connectivity index (χ4v) is 2.22. The summed E-state index contributed by atoms with van der Waals surface area (Å²) < 4.78 is 5.25. The summed E-state index contributed by atoms with van der Waals surface area (Å²) in [5.74, 6) is -0.461. The molecule has 0 bridgehead atoms. The van der Waals surface area contributed by atoms with Crippen molar-refractivity contribution in [3.63, 3.8) is 0 Å². The minimum atomic E-state index is -0.814. The monoisotopic (exact) mass is 321 g/mol. The highest BCUT2D eigenvalue weighted by molar-refractivity contribution is 9.10. The normalized spacial score (nSPS) is 12.2. The first kappa shape index (κ1) is 14.3. The molecule has 0 aliphatic carbocycles. The average molecular weight is 323 g/mol. The maximum Gasteiger partial charge on any atom is 0.323 e. The summed E-state index contributed by atoms with van der Waals surface area (Å²) in [6, 6.07) is 2.32. The number of carbonyl (C=O) groups is 1. The molecule has 0 saturated carbocycles. The van der Waals surface area contributed by atoms with Gasteiger partial charge in [-0.2, -0.15) is 0 Å². The third kappa shape index (κ3) is 3.87. The number of benzene rings is 1. The van der Waals surface area contributed by atoms with E-state index in [2.05, 4.69) is 15.9 Å². The predicted octanol–water partition coefficient (Wildman–Crippen LogP) is 2.24. The van der Waals surface area contributed by atoms with Gasteiger partial charge in [-0.3, -0.25) is 4.79 Å². The highest BCUT2D eigenvalue weighted by atomic mass is 79.9. The smallest absolute Gasteiger partial charge is 0.323 e. The summed E-state index contributed by atoms with van der Waals surface area (Å²) in [4.78, 5) is 11.4. The molecule has 0 saturated heterocycles. The molecule has 17 heavy (non-hydrogen) atoms. The molecule has 0 fully saturated rings. The van der Waals surface area contributed by atoms with Gasteiger partial charge in [0, 0.05) is 11.4 Å².